The zero-order valence-corrected chi connectivity index (χ0v) is 25.8. The molecule has 0 saturated carbocycles. The second kappa shape index (κ2) is 13.5. The highest BCUT2D eigenvalue weighted by Crippen LogP contribution is 2.32. The third kappa shape index (κ3) is 11.5. The molecule has 2 rings (SSSR count). The summed E-state index contributed by atoms with van der Waals surface area (Å²) in [6.07, 6.45) is 0.657. The molecule has 9 nitrogen and oxygen atoms in total. The van der Waals surface area contributed by atoms with Gasteiger partial charge in [-0.05, 0) is 82.1 Å². The van der Waals surface area contributed by atoms with Gasteiger partial charge in [-0.25, -0.2) is 0 Å². The molecule has 0 spiro atoms. The molecule has 2 aliphatic heterocycles. The Morgan fingerprint density at radius 2 is 1.06 bits per heavy atom. The van der Waals surface area contributed by atoms with Gasteiger partial charge < -0.3 is 33.5 Å². The van der Waals surface area contributed by atoms with Crippen LogP contribution in [0.5, 0.6) is 0 Å². The molecule has 0 amide bonds. The molecule has 0 aliphatic carbocycles. The van der Waals surface area contributed by atoms with Crippen LogP contribution < -0.4 is 0 Å². The smallest absolute Gasteiger partial charge is 0.311 e. The first-order valence-electron chi connectivity index (χ1n) is 12.5. The van der Waals surface area contributed by atoms with Gasteiger partial charge in [0.25, 0.3) is 0 Å². The Kier molecular flexibility index (Phi) is 12.6. The van der Waals surface area contributed by atoms with E-state index in [9.17, 15) is 9.59 Å². The molecule has 0 radical (unpaired) electrons. The SMILES string of the molecule is CC1(C)O[C@@H](CCI)[C@@H](COC(=O)C(C)(C)C)O1.CC1(C)O[C@@H](CCO)[C@@H](COC(=O)C(C)(C)C)O1. The molecule has 212 valence electrons. The van der Waals surface area contributed by atoms with Crippen LogP contribution in [0.25, 0.3) is 0 Å². The topological polar surface area (TPSA) is 110 Å². The molecule has 4 atom stereocenters. The van der Waals surface area contributed by atoms with Gasteiger partial charge in [-0.3, -0.25) is 9.59 Å². The predicted octanol–water partition coefficient (Wildman–Crippen LogP) is 4.40. The number of aliphatic hydroxyl groups is 1. The van der Waals surface area contributed by atoms with Gasteiger partial charge >= 0.3 is 11.9 Å². The maximum absolute atomic E-state index is 11.7. The Morgan fingerprint density at radius 1 is 0.722 bits per heavy atom. The second-order valence-electron chi connectivity index (χ2n) is 12.1. The standard InChI is InChI=1S/C13H23IO4.C13H24O5/c2*1-12(2,3)11(15)16-8-10-9(6-7-14)17-13(4,5)18-10/h9-10H,6-8H2,1-5H3;9-10,14H,6-8H2,1-5H3/t2*9-,10+/m00/s1. The van der Waals surface area contributed by atoms with Gasteiger partial charge in [-0.2, -0.15) is 0 Å². The number of halogens is 1. The Morgan fingerprint density at radius 3 is 1.36 bits per heavy atom. The van der Waals surface area contributed by atoms with E-state index in [2.05, 4.69) is 22.6 Å². The molecular formula is C26H47IO9. The molecule has 2 heterocycles. The Bertz CT molecular complexity index is 649. The summed E-state index contributed by atoms with van der Waals surface area (Å²) in [4.78, 5) is 23.4. The summed E-state index contributed by atoms with van der Waals surface area (Å²) in [7, 11) is 0. The average molecular weight is 631 g/mol. The van der Waals surface area contributed by atoms with Crippen LogP contribution in [0.4, 0.5) is 0 Å². The van der Waals surface area contributed by atoms with Crippen molar-refractivity contribution in [3.8, 4) is 0 Å². The number of esters is 2. The minimum Gasteiger partial charge on any atom is -0.462 e. The van der Waals surface area contributed by atoms with Gasteiger partial charge in [-0.1, -0.05) is 22.6 Å². The van der Waals surface area contributed by atoms with Crippen molar-refractivity contribution >= 4 is 34.5 Å². The first kappa shape index (κ1) is 33.5. The molecular weight excluding hydrogens is 583 g/mol. The van der Waals surface area contributed by atoms with E-state index in [0.717, 1.165) is 10.8 Å². The molecule has 0 unspecified atom stereocenters. The molecule has 2 saturated heterocycles. The van der Waals surface area contributed by atoms with Gasteiger partial charge in [0.15, 0.2) is 11.6 Å². The van der Waals surface area contributed by atoms with Gasteiger partial charge in [0, 0.05) is 11.0 Å². The van der Waals surface area contributed by atoms with Crippen LogP contribution in [0.1, 0.15) is 82.1 Å². The van der Waals surface area contributed by atoms with Crippen LogP contribution in [-0.2, 0) is 38.0 Å². The Balaban J connectivity index is 0.000000360. The number of alkyl halides is 1. The molecule has 1 N–H and O–H groups in total. The highest BCUT2D eigenvalue weighted by Gasteiger charge is 2.43. The van der Waals surface area contributed by atoms with Crippen molar-refractivity contribution in [1.29, 1.82) is 0 Å². The number of hydrogen-bond acceptors (Lipinski definition) is 9. The summed E-state index contributed by atoms with van der Waals surface area (Å²) in [6, 6.07) is 0. The van der Waals surface area contributed by atoms with Crippen molar-refractivity contribution in [2.24, 2.45) is 10.8 Å². The fraction of sp³-hybridized carbons (Fsp3) is 0.923. The monoisotopic (exact) mass is 630 g/mol. The number of aliphatic hydroxyl groups excluding tert-OH is 1. The lowest BCUT2D eigenvalue weighted by Crippen LogP contribution is -2.32. The lowest BCUT2D eigenvalue weighted by atomic mass is 9.97. The van der Waals surface area contributed by atoms with Gasteiger partial charge in [0.2, 0.25) is 0 Å². The zero-order chi connectivity index (χ0) is 27.9. The summed E-state index contributed by atoms with van der Waals surface area (Å²) in [5.41, 5.74) is -1.00. The number of rotatable bonds is 8. The number of carbonyl (C=O) groups is 2. The van der Waals surface area contributed by atoms with Crippen molar-refractivity contribution < 1.29 is 43.1 Å². The molecule has 2 aliphatic rings. The quantitative estimate of drug-likeness (QED) is 0.237. The van der Waals surface area contributed by atoms with E-state index in [4.69, 9.17) is 33.5 Å². The van der Waals surface area contributed by atoms with Gasteiger partial charge in [0.05, 0.1) is 23.0 Å². The van der Waals surface area contributed by atoms with E-state index < -0.39 is 22.4 Å². The van der Waals surface area contributed by atoms with Crippen molar-refractivity contribution in [3.05, 3.63) is 0 Å². The van der Waals surface area contributed by atoms with Crippen molar-refractivity contribution in [1.82, 2.24) is 0 Å². The number of carbonyl (C=O) groups excluding carboxylic acids is 2. The first-order chi connectivity index (χ1) is 16.3. The van der Waals surface area contributed by atoms with E-state index in [0.29, 0.717) is 6.42 Å². The Labute approximate surface area is 230 Å². The van der Waals surface area contributed by atoms with Crippen molar-refractivity contribution in [2.45, 2.75) is 118 Å². The summed E-state index contributed by atoms with van der Waals surface area (Å²) in [5, 5.41) is 8.98. The third-order valence-electron chi connectivity index (χ3n) is 5.36. The van der Waals surface area contributed by atoms with Crippen LogP contribution in [0.2, 0.25) is 0 Å². The zero-order valence-electron chi connectivity index (χ0n) is 23.6. The third-order valence-corrected chi connectivity index (χ3v) is 5.98. The maximum atomic E-state index is 11.7. The van der Waals surface area contributed by atoms with Crippen LogP contribution in [0, 0.1) is 10.8 Å². The lowest BCUT2D eigenvalue weighted by Gasteiger charge is -2.20. The molecule has 0 aromatic rings. The maximum Gasteiger partial charge on any atom is 0.311 e. The summed E-state index contributed by atoms with van der Waals surface area (Å²) >= 11 is 2.31. The first-order valence-corrected chi connectivity index (χ1v) is 14.1. The lowest BCUT2D eigenvalue weighted by molar-refractivity contribution is -0.165. The average Bonchev–Trinajstić information content (AvgIpc) is 3.17. The summed E-state index contributed by atoms with van der Waals surface area (Å²) in [6.45, 7) is 18.8. The molecule has 36 heavy (non-hydrogen) atoms. The van der Waals surface area contributed by atoms with E-state index in [1.54, 1.807) is 20.8 Å². The number of hydrogen-bond donors (Lipinski definition) is 1. The fourth-order valence-corrected chi connectivity index (χ4v) is 4.19. The number of ether oxygens (including phenoxy) is 6. The highest BCUT2D eigenvalue weighted by atomic mass is 127. The largest absolute Gasteiger partial charge is 0.462 e. The van der Waals surface area contributed by atoms with Gasteiger partial charge in [-0.15, -0.1) is 0 Å². The molecule has 10 heteroatoms. The van der Waals surface area contributed by atoms with Crippen LogP contribution in [0.15, 0.2) is 0 Å². The minimum absolute atomic E-state index is 0.00432. The molecule has 0 aromatic carbocycles. The fourth-order valence-electron chi connectivity index (χ4n) is 3.57. The minimum atomic E-state index is -0.696. The van der Waals surface area contributed by atoms with Crippen molar-refractivity contribution in [2.75, 3.05) is 24.2 Å². The predicted molar refractivity (Wildman–Crippen MR) is 144 cm³/mol. The van der Waals surface area contributed by atoms with E-state index >= 15 is 0 Å². The normalized spacial score (nSPS) is 27.2. The van der Waals surface area contributed by atoms with Crippen molar-refractivity contribution in [3.63, 3.8) is 0 Å². The molecule has 0 bridgehead atoms. The summed E-state index contributed by atoms with van der Waals surface area (Å²) in [5.74, 6) is -1.75. The van der Waals surface area contributed by atoms with Crippen LogP contribution in [0.3, 0.4) is 0 Å². The van der Waals surface area contributed by atoms with E-state index in [-0.39, 0.29) is 56.2 Å². The Hall–Kier alpha value is -0.530. The highest BCUT2D eigenvalue weighted by molar-refractivity contribution is 14.1. The summed E-state index contributed by atoms with van der Waals surface area (Å²) < 4.78 is 34.4. The van der Waals surface area contributed by atoms with E-state index in [1.807, 2.05) is 48.5 Å². The second-order valence-corrected chi connectivity index (χ2v) is 13.2. The van der Waals surface area contributed by atoms with Crippen LogP contribution >= 0.6 is 22.6 Å². The molecule has 0 aromatic heterocycles. The van der Waals surface area contributed by atoms with E-state index in [1.165, 1.54) is 0 Å². The molecule has 2 fully saturated rings. The van der Waals surface area contributed by atoms with Crippen LogP contribution in [-0.4, -0.2) is 77.3 Å². The van der Waals surface area contributed by atoms with Gasteiger partial charge in [0.1, 0.15) is 25.4 Å².